The standard InChI is InChI=1S/C26H23N5O/c1-2-6-19(7-3-1)32-20-11-12-24(28-15-20)18-14-29-26-23(16-30-31(26)17-18)21-8-4-10-25-22(21)9-5-13-27-25/h4-5,8-17,19H,1-3,6-7H2/i13D. The lowest BCUT2D eigenvalue weighted by Crippen LogP contribution is -2.19. The fourth-order valence-electron chi connectivity index (χ4n) is 4.48. The van der Waals surface area contributed by atoms with Gasteiger partial charge in [-0.05, 0) is 55.5 Å². The number of hydrogen-bond acceptors (Lipinski definition) is 5. The number of benzene rings is 1. The predicted molar refractivity (Wildman–Crippen MR) is 124 cm³/mol. The van der Waals surface area contributed by atoms with E-state index in [1.165, 1.54) is 19.3 Å². The van der Waals surface area contributed by atoms with Crippen LogP contribution in [0.5, 0.6) is 5.75 Å². The molecule has 1 aromatic carbocycles. The minimum atomic E-state index is 0.255. The third-order valence-electron chi connectivity index (χ3n) is 6.13. The molecule has 6 rings (SSSR count). The molecular weight excluding hydrogens is 398 g/mol. The fraction of sp³-hybridized carbons (Fsp3) is 0.231. The van der Waals surface area contributed by atoms with Gasteiger partial charge in [0.05, 0.1) is 31.1 Å². The van der Waals surface area contributed by atoms with Gasteiger partial charge in [-0.3, -0.25) is 9.97 Å². The average molecular weight is 423 g/mol. The topological polar surface area (TPSA) is 65.2 Å². The summed E-state index contributed by atoms with van der Waals surface area (Å²) in [5.74, 6) is 0.821. The number of fused-ring (bicyclic) bond motifs is 2. The van der Waals surface area contributed by atoms with E-state index in [1.807, 2.05) is 55.0 Å². The van der Waals surface area contributed by atoms with Gasteiger partial charge in [0.25, 0.3) is 0 Å². The molecule has 0 N–H and O–H groups in total. The first kappa shape index (κ1) is 17.8. The summed E-state index contributed by atoms with van der Waals surface area (Å²) >= 11 is 0. The van der Waals surface area contributed by atoms with Crippen LogP contribution in [0.3, 0.4) is 0 Å². The van der Waals surface area contributed by atoms with Gasteiger partial charge in [-0.2, -0.15) is 5.10 Å². The Kier molecular flexibility index (Phi) is 4.48. The van der Waals surface area contributed by atoms with Crippen molar-refractivity contribution in [2.45, 2.75) is 38.2 Å². The Labute approximate surface area is 187 Å². The molecule has 1 fully saturated rings. The van der Waals surface area contributed by atoms with E-state index >= 15 is 0 Å². The molecule has 4 aromatic heterocycles. The van der Waals surface area contributed by atoms with E-state index in [0.29, 0.717) is 6.10 Å². The molecule has 0 radical (unpaired) electrons. The van der Waals surface area contributed by atoms with E-state index in [4.69, 9.17) is 11.1 Å². The highest BCUT2D eigenvalue weighted by atomic mass is 16.5. The maximum atomic E-state index is 7.78. The average Bonchev–Trinajstić information content (AvgIpc) is 3.28. The Bertz CT molecular complexity index is 1440. The quantitative estimate of drug-likeness (QED) is 0.371. The van der Waals surface area contributed by atoms with Gasteiger partial charge in [0.1, 0.15) is 5.75 Å². The molecule has 0 amide bonds. The first-order valence-electron chi connectivity index (χ1n) is 11.6. The van der Waals surface area contributed by atoms with Crippen molar-refractivity contribution in [3.8, 4) is 28.1 Å². The van der Waals surface area contributed by atoms with Crippen molar-refractivity contribution in [3.05, 3.63) is 73.4 Å². The number of rotatable bonds is 4. The number of pyridine rings is 2. The summed E-state index contributed by atoms with van der Waals surface area (Å²) in [4.78, 5) is 13.6. The van der Waals surface area contributed by atoms with Gasteiger partial charge in [0, 0.05) is 35.1 Å². The van der Waals surface area contributed by atoms with Gasteiger partial charge in [0.15, 0.2) is 5.65 Å². The minimum Gasteiger partial charge on any atom is -0.489 e. The predicted octanol–water partition coefficient (Wildman–Crippen LogP) is 5.72. The van der Waals surface area contributed by atoms with Crippen LogP contribution in [0.4, 0.5) is 0 Å². The third kappa shape index (κ3) is 3.47. The summed E-state index contributed by atoms with van der Waals surface area (Å²) in [6.07, 6.45) is 14.0. The maximum absolute atomic E-state index is 7.78. The molecule has 158 valence electrons. The molecule has 1 aliphatic carbocycles. The van der Waals surface area contributed by atoms with Crippen molar-refractivity contribution in [2.75, 3.05) is 0 Å². The van der Waals surface area contributed by atoms with Crippen molar-refractivity contribution >= 4 is 16.6 Å². The van der Waals surface area contributed by atoms with E-state index in [-0.39, 0.29) is 6.17 Å². The van der Waals surface area contributed by atoms with Gasteiger partial charge >= 0.3 is 0 Å². The molecule has 1 saturated carbocycles. The zero-order valence-electron chi connectivity index (χ0n) is 18.6. The number of ether oxygens (including phenoxy) is 1. The van der Waals surface area contributed by atoms with Crippen LogP contribution in [-0.4, -0.2) is 30.7 Å². The summed E-state index contributed by atoms with van der Waals surface area (Å²) < 4.78 is 15.7. The summed E-state index contributed by atoms with van der Waals surface area (Å²) in [6, 6.07) is 13.5. The number of hydrogen-bond donors (Lipinski definition) is 0. The lowest BCUT2D eigenvalue weighted by molar-refractivity contribution is 0.154. The van der Waals surface area contributed by atoms with Gasteiger partial charge in [-0.1, -0.05) is 24.6 Å². The maximum Gasteiger partial charge on any atom is 0.162 e. The molecule has 0 atom stereocenters. The molecule has 1 aliphatic rings. The molecule has 0 saturated heterocycles. The van der Waals surface area contributed by atoms with Crippen LogP contribution in [0.2, 0.25) is 0 Å². The van der Waals surface area contributed by atoms with Crippen molar-refractivity contribution in [1.82, 2.24) is 24.6 Å². The van der Waals surface area contributed by atoms with Crippen molar-refractivity contribution in [2.24, 2.45) is 0 Å². The van der Waals surface area contributed by atoms with E-state index in [1.54, 1.807) is 16.8 Å². The van der Waals surface area contributed by atoms with Crippen LogP contribution in [0, 0.1) is 0 Å². The van der Waals surface area contributed by atoms with Gasteiger partial charge in [-0.15, -0.1) is 0 Å². The van der Waals surface area contributed by atoms with Crippen LogP contribution < -0.4 is 4.74 Å². The molecule has 32 heavy (non-hydrogen) atoms. The molecule has 0 unspecified atom stereocenters. The lowest BCUT2D eigenvalue weighted by Gasteiger charge is -2.22. The van der Waals surface area contributed by atoms with Gasteiger partial charge in [-0.25, -0.2) is 9.50 Å². The van der Waals surface area contributed by atoms with Crippen molar-refractivity contribution in [3.63, 3.8) is 0 Å². The molecule has 4 heterocycles. The number of aromatic nitrogens is 5. The minimum absolute atomic E-state index is 0.255. The largest absolute Gasteiger partial charge is 0.489 e. The van der Waals surface area contributed by atoms with E-state index in [9.17, 15) is 0 Å². The van der Waals surface area contributed by atoms with E-state index in [2.05, 4.69) is 15.1 Å². The molecule has 5 aromatic rings. The van der Waals surface area contributed by atoms with E-state index in [0.717, 1.165) is 57.5 Å². The van der Waals surface area contributed by atoms with Crippen molar-refractivity contribution < 1.29 is 6.11 Å². The summed E-state index contributed by atoms with van der Waals surface area (Å²) in [7, 11) is 0. The Morgan fingerprint density at radius 1 is 0.875 bits per heavy atom. The van der Waals surface area contributed by atoms with Crippen LogP contribution in [0.15, 0.2) is 73.4 Å². The Morgan fingerprint density at radius 3 is 2.69 bits per heavy atom. The summed E-state index contributed by atoms with van der Waals surface area (Å²) in [6.45, 7) is 0. The second-order valence-electron chi connectivity index (χ2n) is 8.24. The molecule has 0 spiro atoms. The van der Waals surface area contributed by atoms with Crippen LogP contribution in [-0.2, 0) is 0 Å². The highest BCUT2D eigenvalue weighted by molar-refractivity contribution is 5.97. The Hall–Kier alpha value is -3.80. The molecule has 6 nitrogen and oxygen atoms in total. The Balaban J connectivity index is 1.30. The molecule has 6 heteroatoms. The summed E-state index contributed by atoms with van der Waals surface area (Å²) in [5.41, 5.74) is 5.19. The highest BCUT2D eigenvalue weighted by Gasteiger charge is 2.16. The first-order valence-corrected chi connectivity index (χ1v) is 11.1. The lowest BCUT2D eigenvalue weighted by atomic mass is 9.98. The second kappa shape index (κ2) is 8.04. The SMILES string of the molecule is [2H]c1ccc2c(-c3cnn4cc(-c5ccc(OC6CCCCC6)cn5)cnc34)cccc2n1. The zero-order valence-corrected chi connectivity index (χ0v) is 17.6. The van der Waals surface area contributed by atoms with Gasteiger partial charge < -0.3 is 4.74 Å². The van der Waals surface area contributed by atoms with Crippen LogP contribution >= 0.6 is 0 Å². The summed E-state index contributed by atoms with van der Waals surface area (Å²) in [5, 5.41) is 5.52. The fourth-order valence-corrected chi connectivity index (χ4v) is 4.48. The molecule has 0 bridgehead atoms. The molecule has 0 aliphatic heterocycles. The number of nitrogens with zero attached hydrogens (tertiary/aromatic N) is 5. The van der Waals surface area contributed by atoms with Crippen molar-refractivity contribution in [1.29, 1.82) is 0 Å². The second-order valence-corrected chi connectivity index (χ2v) is 8.24. The Morgan fingerprint density at radius 2 is 1.81 bits per heavy atom. The normalized spacial score (nSPS) is 15.2. The smallest absolute Gasteiger partial charge is 0.162 e. The first-order chi connectivity index (χ1) is 16.2. The monoisotopic (exact) mass is 422 g/mol. The van der Waals surface area contributed by atoms with E-state index < -0.39 is 0 Å². The van der Waals surface area contributed by atoms with Gasteiger partial charge in [0.2, 0.25) is 0 Å². The zero-order chi connectivity index (χ0) is 22.2. The highest BCUT2D eigenvalue weighted by Crippen LogP contribution is 2.31. The third-order valence-corrected chi connectivity index (χ3v) is 6.13. The van der Waals surface area contributed by atoms with Crippen LogP contribution in [0.25, 0.3) is 38.9 Å². The van der Waals surface area contributed by atoms with Crippen LogP contribution in [0.1, 0.15) is 33.5 Å². The molecular formula is C26H23N5O.